The molecule has 138 valence electrons. The highest BCUT2D eigenvalue weighted by atomic mass is 16.3. The van der Waals surface area contributed by atoms with Gasteiger partial charge in [-0.05, 0) is 42.7 Å². The molecule has 2 unspecified atom stereocenters. The SMILES string of the molecule is CC1CC1c1ccc(/C=C/C(=O)N(C)Cc2cnn(-c3ccccc3)c2)o1. The second-order valence-electron chi connectivity index (χ2n) is 7.22. The number of amides is 1. The molecule has 1 aliphatic carbocycles. The molecule has 1 aromatic carbocycles. The highest BCUT2D eigenvalue weighted by Crippen LogP contribution is 2.47. The second kappa shape index (κ2) is 7.27. The Morgan fingerprint density at radius 3 is 2.81 bits per heavy atom. The Balaban J connectivity index is 1.35. The molecule has 0 aliphatic heterocycles. The van der Waals surface area contributed by atoms with Gasteiger partial charge in [-0.1, -0.05) is 25.1 Å². The Kier molecular flexibility index (Phi) is 4.67. The molecule has 1 aliphatic rings. The first kappa shape index (κ1) is 17.3. The lowest BCUT2D eigenvalue weighted by atomic mass is 10.3. The molecular weight excluding hydrogens is 338 g/mol. The normalized spacial score (nSPS) is 18.7. The molecule has 3 aromatic rings. The van der Waals surface area contributed by atoms with Crippen molar-refractivity contribution in [3.8, 4) is 5.69 Å². The van der Waals surface area contributed by atoms with Crippen molar-refractivity contribution in [3.05, 3.63) is 78.0 Å². The third kappa shape index (κ3) is 4.03. The summed E-state index contributed by atoms with van der Waals surface area (Å²) in [4.78, 5) is 14.0. The minimum atomic E-state index is -0.0693. The number of aromatic nitrogens is 2. The third-order valence-electron chi connectivity index (χ3n) is 4.97. The molecule has 5 nitrogen and oxygen atoms in total. The van der Waals surface area contributed by atoms with E-state index in [1.807, 2.05) is 53.3 Å². The van der Waals surface area contributed by atoms with Crippen LogP contribution >= 0.6 is 0 Å². The Morgan fingerprint density at radius 2 is 2.07 bits per heavy atom. The minimum absolute atomic E-state index is 0.0693. The minimum Gasteiger partial charge on any atom is -0.461 e. The van der Waals surface area contributed by atoms with Gasteiger partial charge in [0.1, 0.15) is 11.5 Å². The molecular formula is C22H23N3O2. The summed E-state index contributed by atoms with van der Waals surface area (Å²) in [5.74, 6) is 2.93. The number of furan rings is 1. The van der Waals surface area contributed by atoms with E-state index in [1.165, 1.54) is 6.42 Å². The van der Waals surface area contributed by atoms with Crippen LogP contribution in [0.4, 0.5) is 0 Å². The predicted molar refractivity (Wildman–Crippen MR) is 104 cm³/mol. The van der Waals surface area contributed by atoms with E-state index in [1.54, 1.807) is 30.3 Å². The van der Waals surface area contributed by atoms with E-state index >= 15 is 0 Å². The summed E-state index contributed by atoms with van der Waals surface area (Å²) in [5.41, 5.74) is 1.97. The van der Waals surface area contributed by atoms with Gasteiger partial charge in [0.15, 0.2) is 0 Å². The fraction of sp³-hybridized carbons (Fsp3) is 0.273. The highest BCUT2D eigenvalue weighted by molar-refractivity contribution is 5.91. The summed E-state index contributed by atoms with van der Waals surface area (Å²) >= 11 is 0. The number of carbonyl (C=O) groups excluding carboxylic acids is 1. The Morgan fingerprint density at radius 1 is 1.30 bits per heavy atom. The predicted octanol–water partition coefficient (Wildman–Crippen LogP) is 4.26. The summed E-state index contributed by atoms with van der Waals surface area (Å²) in [5, 5.41) is 4.37. The number of nitrogens with zero attached hydrogens (tertiary/aromatic N) is 3. The first-order valence-electron chi connectivity index (χ1n) is 9.22. The molecule has 0 bridgehead atoms. The summed E-state index contributed by atoms with van der Waals surface area (Å²) < 4.78 is 7.62. The number of hydrogen-bond donors (Lipinski definition) is 0. The standard InChI is InChI=1S/C22H23N3O2/c1-16-12-20(16)21-10-8-19(27-21)9-11-22(26)24(2)14-17-13-23-25(15-17)18-6-4-3-5-7-18/h3-11,13,15-16,20H,12,14H2,1-2H3/b11-9+. The summed E-state index contributed by atoms with van der Waals surface area (Å²) in [6.45, 7) is 2.72. The fourth-order valence-corrected chi connectivity index (χ4v) is 3.17. The van der Waals surface area contributed by atoms with E-state index in [0.29, 0.717) is 18.4 Å². The van der Waals surface area contributed by atoms with Crippen LogP contribution in [-0.2, 0) is 11.3 Å². The molecule has 2 aromatic heterocycles. The molecule has 0 radical (unpaired) electrons. The van der Waals surface area contributed by atoms with Crippen molar-refractivity contribution in [1.29, 1.82) is 0 Å². The van der Waals surface area contributed by atoms with Crippen molar-refractivity contribution in [2.24, 2.45) is 5.92 Å². The first-order valence-corrected chi connectivity index (χ1v) is 9.22. The Labute approximate surface area is 158 Å². The molecule has 2 heterocycles. The van der Waals surface area contributed by atoms with Crippen LogP contribution in [0, 0.1) is 5.92 Å². The maximum atomic E-state index is 12.4. The van der Waals surface area contributed by atoms with Gasteiger partial charge in [-0.15, -0.1) is 0 Å². The van der Waals surface area contributed by atoms with E-state index < -0.39 is 0 Å². The Hall–Kier alpha value is -3.08. The number of rotatable bonds is 6. The number of hydrogen-bond acceptors (Lipinski definition) is 3. The number of para-hydroxylation sites is 1. The molecule has 2 atom stereocenters. The van der Waals surface area contributed by atoms with Crippen molar-refractivity contribution >= 4 is 12.0 Å². The van der Waals surface area contributed by atoms with Gasteiger partial charge in [-0.3, -0.25) is 4.79 Å². The van der Waals surface area contributed by atoms with Crippen LogP contribution in [0.25, 0.3) is 11.8 Å². The van der Waals surface area contributed by atoms with Crippen LogP contribution < -0.4 is 0 Å². The largest absolute Gasteiger partial charge is 0.461 e. The molecule has 0 saturated heterocycles. The molecule has 1 amide bonds. The maximum absolute atomic E-state index is 12.4. The van der Waals surface area contributed by atoms with Gasteiger partial charge >= 0.3 is 0 Å². The lowest BCUT2D eigenvalue weighted by Gasteiger charge is -2.13. The van der Waals surface area contributed by atoms with E-state index in [-0.39, 0.29) is 5.91 Å². The monoisotopic (exact) mass is 361 g/mol. The van der Waals surface area contributed by atoms with Gasteiger partial charge in [-0.25, -0.2) is 4.68 Å². The van der Waals surface area contributed by atoms with Gasteiger partial charge in [-0.2, -0.15) is 5.10 Å². The number of benzene rings is 1. The molecule has 5 heteroatoms. The number of likely N-dealkylation sites (N-methyl/N-ethyl adjacent to an activating group) is 1. The second-order valence-corrected chi connectivity index (χ2v) is 7.22. The summed E-state index contributed by atoms with van der Waals surface area (Å²) in [6.07, 6.45) is 8.22. The molecule has 0 N–H and O–H groups in total. The van der Waals surface area contributed by atoms with Crippen molar-refractivity contribution in [2.75, 3.05) is 7.05 Å². The summed E-state index contributed by atoms with van der Waals surface area (Å²) in [7, 11) is 1.78. The highest BCUT2D eigenvalue weighted by Gasteiger charge is 2.36. The van der Waals surface area contributed by atoms with Crippen LogP contribution in [0.3, 0.4) is 0 Å². The average Bonchev–Trinajstić information content (AvgIpc) is 3.08. The molecule has 0 spiro atoms. The Bertz CT molecular complexity index is 955. The topological polar surface area (TPSA) is 51.3 Å². The zero-order chi connectivity index (χ0) is 18.8. The average molecular weight is 361 g/mol. The van der Waals surface area contributed by atoms with E-state index in [4.69, 9.17) is 4.42 Å². The quantitative estimate of drug-likeness (QED) is 0.617. The van der Waals surface area contributed by atoms with Crippen molar-refractivity contribution in [2.45, 2.75) is 25.8 Å². The molecule has 1 saturated carbocycles. The summed E-state index contributed by atoms with van der Waals surface area (Å²) in [6, 6.07) is 13.8. The first-order chi connectivity index (χ1) is 13.1. The maximum Gasteiger partial charge on any atom is 0.246 e. The van der Waals surface area contributed by atoms with Crippen LogP contribution in [0.1, 0.15) is 36.3 Å². The lowest BCUT2D eigenvalue weighted by molar-refractivity contribution is -0.125. The molecule has 27 heavy (non-hydrogen) atoms. The van der Waals surface area contributed by atoms with Crippen LogP contribution in [-0.4, -0.2) is 27.6 Å². The van der Waals surface area contributed by atoms with Gasteiger partial charge in [0.2, 0.25) is 5.91 Å². The van der Waals surface area contributed by atoms with Crippen LogP contribution in [0.2, 0.25) is 0 Å². The van der Waals surface area contributed by atoms with Gasteiger partial charge in [0.05, 0.1) is 11.9 Å². The van der Waals surface area contributed by atoms with Crippen molar-refractivity contribution in [3.63, 3.8) is 0 Å². The fourth-order valence-electron chi connectivity index (χ4n) is 3.17. The van der Waals surface area contributed by atoms with Crippen molar-refractivity contribution in [1.82, 2.24) is 14.7 Å². The third-order valence-corrected chi connectivity index (χ3v) is 4.97. The smallest absolute Gasteiger partial charge is 0.246 e. The zero-order valence-electron chi connectivity index (χ0n) is 15.6. The van der Waals surface area contributed by atoms with E-state index in [0.717, 1.165) is 22.8 Å². The molecule has 1 fully saturated rings. The van der Waals surface area contributed by atoms with Crippen LogP contribution in [0.15, 0.2) is 65.4 Å². The van der Waals surface area contributed by atoms with Gasteiger partial charge in [0, 0.05) is 37.3 Å². The lowest BCUT2D eigenvalue weighted by Crippen LogP contribution is -2.23. The van der Waals surface area contributed by atoms with Crippen LogP contribution in [0.5, 0.6) is 0 Å². The van der Waals surface area contributed by atoms with E-state index in [2.05, 4.69) is 12.0 Å². The molecule has 4 rings (SSSR count). The number of carbonyl (C=O) groups is 1. The van der Waals surface area contributed by atoms with E-state index in [9.17, 15) is 4.79 Å². The zero-order valence-corrected chi connectivity index (χ0v) is 15.6. The van der Waals surface area contributed by atoms with Crippen molar-refractivity contribution < 1.29 is 9.21 Å². The van der Waals surface area contributed by atoms with Gasteiger partial charge in [0.25, 0.3) is 0 Å². The van der Waals surface area contributed by atoms with Gasteiger partial charge < -0.3 is 9.32 Å².